The number of carbonyl (C=O) groups is 2. The second-order valence-corrected chi connectivity index (χ2v) is 5.06. The molecule has 0 unspecified atom stereocenters. The third kappa shape index (κ3) is 4.69. The SMILES string of the molecule is CCOc1ccc(C(=O)Nc2cc(NC(C)=O)ccc2Cl)cn1. The van der Waals surface area contributed by atoms with Crippen molar-refractivity contribution in [3.05, 3.63) is 47.1 Å². The predicted octanol–water partition coefficient (Wildman–Crippen LogP) is 3.34. The van der Waals surface area contributed by atoms with Gasteiger partial charge < -0.3 is 15.4 Å². The van der Waals surface area contributed by atoms with Crippen LogP contribution in [0.1, 0.15) is 24.2 Å². The number of aromatic nitrogens is 1. The minimum Gasteiger partial charge on any atom is -0.478 e. The van der Waals surface area contributed by atoms with Crippen LogP contribution < -0.4 is 15.4 Å². The quantitative estimate of drug-likeness (QED) is 0.879. The Hall–Kier alpha value is -2.60. The minimum absolute atomic E-state index is 0.208. The third-order valence-electron chi connectivity index (χ3n) is 2.83. The lowest BCUT2D eigenvalue weighted by molar-refractivity contribution is -0.114. The molecular formula is C16H16ClN3O3. The molecule has 1 heterocycles. The van der Waals surface area contributed by atoms with Crippen molar-refractivity contribution in [2.75, 3.05) is 17.2 Å². The van der Waals surface area contributed by atoms with E-state index in [1.54, 1.807) is 30.3 Å². The van der Waals surface area contributed by atoms with Crippen molar-refractivity contribution in [1.29, 1.82) is 0 Å². The number of halogens is 1. The molecule has 0 saturated carbocycles. The molecule has 23 heavy (non-hydrogen) atoms. The summed E-state index contributed by atoms with van der Waals surface area (Å²) in [4.78, 5) is 27.4. The van der Waals surface area contributed by atoms with Crippen molar-refractivity contribution in [3.8, 4) is 5.88 Å². The van der Waals surface area contributed by atoms with E-state index in [-0.39, 0.29) is 11.8 Å². The van der Waals surface area contributed by atoms with Crippen LogP contribution in [0.5, 0.6) is 5.88 Å². The van der Waals surface area contributed by atoms with Gasteiger partial charge in [0.1, 0.15) is 0 Å². The number of pyridine rings is 1. The van der Waals surface area contributed by atoms with Gasteiger partial charge in [-0.1, -0.05) is 11.6 Å². The highest BCUT2D eigenvalue weighted by Gasteiger charge is 2.10. The predicted molar refractivity (Wildman–Crippen MR) is 89.1 cm³/mol. The second-order valence-electron chi connectivity index (χ2n) is 4.65. The number of nitrogens with zero attached hydrogens (tertiary/aromatic N) is 1. The Morgan fingerprint density at radius 1 is 1.22 bits per heavy atom. The van der Waals surface area contributed by atoms with Crippen molar-refractivity contribution < 1.29 is 14.3 Å². The summed E-state index contributed by atoms with van der Waals surface area (Å²) in [5, 5.41) is 5.68. The van der Waals surface area contributed by atoms with Crippen LogP contribution in [-0.4, -0.2) is 23.4 Å². The number of hydrogen-bond acceptors (Lipinski definition) is 4. The lowest BCUT2D eigenvalue weighted by Crippen LogP contribution is -2.13. The second kappa shape index (κ2) is 7.60. The molecule has 0 spiro atoms. The largest absolute Gasteiger partial charge is 0.478 e. The molecule has 1 aromatic carbocycles. The summed E-state index contributed by atoms with van der Waals surface area (Å²) >= 11 is 6.07. The van der Waals surface area contributed by atoms with Crippen LogP contribution in [0.15, 0.2) is 36.5 Å². The lowest BCUT2D eigenvalue weighted by Gasteiger charge is -2.10. The van der Waals surface area contributed by atoms with Crippen LogP contribution in [0, 0.1) is 0 Å². The van der Waals surface area contributed by atoms with Crippen LogP contribution in [-0.2, 0) is 4.79 Å². The summed E-state index contributed by atoms with van der Waals surface area (Å²) in [6.07, 6.45) is 1.42. The first-order valence-electron chi connectivity index (χ1n) is 6.97. The van der Waals surface area contributed by atoms with Crippen molar-refractivity contribution >= 4 is 34.8 Å². The molecular weight excluding hydrogens is 318 g/mol. The van der Waals surface area contributed by atoms with Crippen LogP contribution >= 0.6 is 11.6 Å². The van der Waals surface area contributed by atoms with E-state index in [0.29, 0.717) is 34.4 Å². The van der Waals surface area contributed by atoms with E-state index in [0.717, 1.165) is 0 Å². The Bertz CT molecular complexity index is 717. The summed E-state index contributed by atoms with van der Waals surface area (Å²) in [5.74, 6) is -0.113. The molecule has 2 aromatic rings. The molecule has 2 rings (SSSR count). The number of ether oxygens (including phenoxy) is 1. The van der Waals surface area contributed by atoms with Crippen molar-refractivity contribution in [1.82, 2.24) is 4.98 Å². The molecule has 120 valence electrons. The van der Waals surface area contributed by atoms with Gasteiger partial charge in [0.2, 0.25) is 11.8 Å². The molecule has 2 N–H and O–H groups in total. The summed E-state index contributed by atoms with van der Waals surface area (Å²) < 4.78 is 5.23. The maximum Gasteiger partial charge on any atom is 0.257 e. The van der Waals surface area contributed by atoms with Crippen molar-refractivity contribution in [3.63, 3.8) is 0 Å². The first kappa shape index (κ1) is 16.8. The Morgan fingerprint density at radius 2 is 2.00 bits per heavy atom. The van der Waals surface area contributed by atoms with Crippen molar-refractivity contribution in [2.45, 2.75) is 13.8 Å². The number of carbonyl (C=O) groups excluding carboxylic acids is 2. The summed E-state index contributed by atoms with van der Waals surface area (Å²) in [7, 11) is 0. The highest BCUT2D eigenvalue weighted by Crippen LogP contribution is 2.26. The Balaban J connectivity index is 2.14. The lowest BCUT2D eigenvalue weighted by atomic mass is 10.2. The summed E-state index contributed by atoms with van der Waals surface area (Å²) in [5.41, 5.74) is 1.31. The average Bonchev–Trinajstić information content (AvgIpc) is 2.51. The van der Waals surface area contributed by atoms with Gasteiger partial charge in [0.25, 0.3) is 5.91 Å². The molecule has 0 aliphatic heterocycles. The van der Waals surface area contributed by atoms with Gasteiger partial charge in [-0.05, 0) is 31.2 Å². The third-order valence-corrected chi connectivity index (χ3v) is 3.16. The first-order valence-corrected chi connectivity index (χ1v) is 7.34. The number of hydrogen-bond donors (Lipinski definition) is 2. The topological polar surface area (TPSA) is 80.3 Å². The maximum absolute atomic E-state index is 12.2. The number of anilines is 2. The van der Waals surface area contributed by atoms with Crippen LogP contribution in [0.2, 0.25) is 5.02 Å². The van der Waals surface area contributed by atoms with E-state index in [1.807, 2.05) is 6.92 Å². The number of nitrogens with one attached hydrogen (secondary N) is 2. The maximum atomic E-state index is 12.2. The van der Waals surface area contributed by atoms with Gasteiger partial charge in [0, 0.05) is 24.9 Å². The zero-order chi connectivity index (χ0) is 16.8. The van der Waals surface area contributed by atoms with E-state index in [2.05, 4.69) is 15.6 Å². The van der Waals surface area contributed by atoms with E-state index in [4.69, 9.17) is 16.3 Å². The molecule has 0 radical (unpaired) electrons. The van der Waals surface area contributed by atoms with E-state index >= 15 is 0 Å². The monoisotopic (exact) mass is 333 g/mol. The normalized spacial score (nSPS) is 10.0. The van der Waals surface area contributed by atoms with E-state index in [9.17, 15) is 9.59 Å². The smallest absolute Gasteiger partial charge is 0.257 e. The molecule has 7 heteroatoms. The number of rotatable bonds is 5. The van der Waals surface area contributed by atoms with Crippen LogP contribution in [0.3, 0.4) is 0 Å². The first-order chi connectivity index (χ1) is 11.0. The zero-order valence-corrected chi connectivity index (χ0v) is 13.5. The van der Waals surface area contributed by atoms with Gasteiger partial charge in [0.05, 0.1) is 22.9 Å². The average molecular weight is 334 g/mol. The van der Waals surface area contributed by atoms with Gasteiger partial charge in [-0.3, -0.25) is 9.59 Å². The molecule has 2 amide bonds. The van der Waals surface area contributed by atoms with E-state index in [1.165, 1.54) is 13.1 Å². The fraction of sp³-hybridized carbons (Fsp3) is 0.188. The fourth-order valence-electron chi connectivity index (χ4n) is 1.84. The molecule has 6 nitrogen and oxygen atoms in total. The standard InChI is InChI=1S/C16H16ClN3O3/c1-3-23-15-7-4-11(9-18-15)16(22)20-14-8-12(19-10(2)21)5-6-13(14)17/h4-9H,3H2,1-2H3,(H,19,21)(H,20,22). The van der Waals surface area contributed by atoms with Gasteiger partial charge in [-0.15, -0.1) is 0 Å². The fourth-order valence-corrected chi connectivity index (χ4v) is 2.01. The summed E-state index contributed by atoms with van der Waals surface area (Å²) in [6, 6.07) is 8.06. The van der Waals surface area contributed by atoms with Gasteiger partial charge in [0.15, 0.2) is 0 Å². The Morgan fingerprint density at radius 3 is 2.61 bits per heavy atom. The Kier molecular flexibility index (Phi) is 5.54. The van der Waals surface area contributed by atoms with Crippen LogP contribution in [0.25, 0.3) is 0 Å². The van der Waals surface area contributed by atoms with Gasteiger partial charge in [-0.25, -0.2) is 4.98 Å². The molecule has 0 saturated heterocycles. The Labute approximate surface area is 138 Å². The van der Waals surface area contributed by atoms with Gasteiger partial charge >= 0.3 is 0 Å². The number of benzene rings is 1. The molecule has 0 bridgehead atoms. The van der Waals surface area contributed by atoms with E-state index < -0.39 is 0 Å². The molecule has 0 atom stereocenters. The minimum atomic E-state index is -0.359. The molecule has 0 aliphatic carbocycles. The van der Waals surface area contributed by atoms with Crippen molar-refractivity contribution in [2.24, 2.45) is 0 Å². The van der Waals surface area contributed by atoms with Gasteiger partial charge in [-0.2, -0.15) is 0 Å². The number of amides is 2. The van der Waals surface area contributed by atoms with Crippen LogP contribution in [0.4, 0.5) is 11.4 Å². The highest BCUT2D eigenvalue weighted by molar-refractivity contribution is 6.34. The molecule has 0 fully saturated rings. The highest BCUT2D eigenvalue weighted by atomic mass is 35.5. The zero-order valence-electron chi connectivity index (χ0n) is 12.7. The molecule has 1 aromatic heterocycles. The summed E-state index contributed by atoms with van der Waals surface area (Å²) in [6.45, 7) is 3.76. The molecule has 0 aliphatic rings.